The Morgan fingerprint density at radius 2 is 1.72 bits per heavy atom. The number of benzene rings is 1. The summed E-state index contributed by atoms with van der Waals surface area (Å²) in [5.74, 6) is 0. The third-order valence-electron chi connectivity index (χ3n) is 1.81. The highest BCUT2D eigenvalue weighted by Crippen LogP contribution is 2.16. The molecule has 0 atom stereocenters. The SMILES string of the molecule is CS(=O)(=O)Nc1ccc(S(=O)(=O)/C=C/C#N)cc1. The van der Waals surface area contributed by atoms with Crippen LogP contribution in [0, 0.1) is 11.3 Å². The van der Waals surface area contributed by atoms with Crippen molar-refractivity contribution >= 4 is 25.5 Å². The van der Waals surface area contributed by atoms with Crippen molar-refractivity contribution in [3.8, 4) is 6.07 Å². The Morgan fingerprint density at radius 1 is 1.17 bits per heavy atom. The van der Waals surface area contributed by atoms with Gasteiger partial charge in [-0.15, -0.1) is 0 Å². The maximum Gasteiger partial charge on any atom is 0.229 e. The van der Waals surface area contributed by atoms with Crippen LogP contribution in [-0.4, -0.2) is 23.1 Å². The lowest BCUT2D eigenvalue weighted by molar-refractivity contribution is 0.604. The molecule has 0 saturated heterocycles. The number of sulfonamides is 1. The monoisotopic (exact) mass is 286 g/mol. The lowest BCUT2D eigenvalue weighted by Crippen LogP contribution is -2.09. The number of hydrogen-bond donors (Lipinski definition) is 1. The van der Waals surface area contributed by atoms with Crippen LogP contribution in [0.15, 0.2) is 40.6 Å². The quantitative estimate of drug-likeness (QED) is 0.827. The van der Waals surface area contributed by atoms with Crippen molar-refractivity contribution in [1.82, 2.24) is 0 Å². The first kappa shape index (κ1) is 14.2. The van der Waals surface area contributed by atoms with E-state index in [0.29, 0.717) is 0 Å². The van der Waals surface area contributed by atoms with Crippen LogP contribution in [0.1, 0.15) is 0 Å². The van der Waals surface area contributed by atoms with E-state index in [9.17, 15) is 16.8 Å². The van der Waals surface area contributed by atoms with E-state index in [0.717, 1.165) is 17.7 Å². The van der Waals surface area contributed by atoms with E-state index in [1.165, 1.54) is 24.3 Å². The van der Waals surface area contributed by atoms with Crippen LogP contribution in [0.2, 0.25) is 0 Å². The molecule has 0 bridgehead atoms. The molecule has 8 heteroatoms. The Hall–Kier alpha value is -1.85. The highest BCUT2D eigenvalue weighted by atomic mass is 32.2. The lowest BCUT2D eigenvalue weighted by atomic mass is 10.3. The molecule has 18 heavy (non-hydrogen) atoms. The third-order valence-corrected chi connectivity index (χ3v) is 3.84. The van der Waals surface area contributed by atoms with Gasteiger partial charge in [0.2, 0.25) is 19.9 Å². The summed E-state index contributed by atoms with van der Waals surface area (Å²) in [7, 11) is -7.06. The lowest BCUT2D eigenvalue weighted by Gasteiger charge is -2.04. The molecule has 1 aromatic rings. The third kappa shape index (κ3) is 4.20. The molecular formula is C10H10N2O4S2. The summed E-state index contributed by atoms with van der Waals surface area (Å²) in [4.78, 5) is -0.0203. The van der Waals surface area contributed by atoms with Gasteiger partial charge in [0.05, 0.1) is 17.2 Å². The Balaban J connectivity index is 3.04. The second-order valence-corrected chi connectivity index (χ2v) is 6.96. The molecule has 6 nitrogen and oxygen atoms in total. The predicted molar refractivity (Wildman–Crippen MR) is 66.8 cm³/mol. The molecule has 0 aromatic heterocycles. The number of sulfone groups is 1. The van der Waals surface area contributed by atoms with E-state index in [2.05, 4.69) is 4.72 Å². The average molecular weight is 286 g/mol. The topological polar surface area (TPSA) is 104 Å². The zero-order valence-corrected chi connectivity index (χ0v) is 11.0. The van der Waals surface area contributed by atoms with Crippen LogP contribution in [0.25, 0.3) is 0 Å². The highest BCUT2D eigenvalue weighted by molar-refractivity contribution is 7.94. The Bertz CT molecular complexity index is 695. The van der Waals surface area contributed by atoms with E-state index in [-0.39, 0.29) is 10.6 Å². The summed E-state index contributed by atoms with van der Waals surface area (Å²) in [6.45, 7) is 0. The molecule has 0 amide bonds. The van der Waals surface area contributed by atoms with Crippen molar-refractivity contribution in [1.29, 1.82) is 5.26 Å². The maximum absolute atomic E-state index is 11.6. The van der Waals surface area contributed by atoms with Gasteiger partial charge in [0.15, 0.2) is 0 Å². The molecule has 0 aliphatic heterocycles. The summed E-state index contributed by atoms with van der Waals surface area (Å²) < 4.78 is 47.3. The van der Waals surface area contributed by atoms with Crippen molar-refractivity contribution < 1.29 is 16.8 Å². The van der Waals surface area contributed by atoms with Gasteiger partial charge in [0, 0.05) is 17.2 Å². The van der Waals surface area contributed by atoms with Gasteiger partial charge in [-0.1, -0.05) is 0 Å². The number of anilines is 1. The first-order valence-electron chi connectivity index (χ1n) is 4.64. The van der Waals surface area contributed by atoms with Crippen LogP contribution >= 0.6 is 0 Å². The molecule has 0 saturated carbocycles. The molecule has 0 aliphatic carbocycles. The van der Waals surface area contributed by atoms with Gasteiger partial charge >= 0.3 is 0 Å². The first-order chi connectivity index (χ1) is 8.24. The standard InChI is InChI=1S/C10H10N2O4S2/c1-17(13,14)12-9-3-5-10(6-4-9)18(15,16)8-2-7-11/h2-6,8,12H,1H3/b8-2+. The van der Waals surface area contributed by atoms with Crippen molar-refractivity contribution in [2.45, 2.75) is 4.90 Å². The van der Waals surface area contributed by atoms with Gasteiger partial charge in [0.1, 0.15) is 0 Å². The zero-order valence-electron chi connectivity index (χ0n) is 9.36. The minimum atomic E-state index is -3.66. The summed E-state index contributed by atoms with van der Waals surface area (Å²) >= 11 is 0. The summed E-state index contributed by atoms with van der Waals surface area (Å²) in [5, 5.41) is 9.05. The van der Waals surface area contributed by atoms with Gasteiger partial charge in [-0.25, -0.2) is 16.8 Å². The van der Waals surface area contributed by atoms with E-state index < -0.39 is 19.9 Å². The number of rotatable bonds is 4. The number of allylic oxidation sites excluding steroid dienone is 1. The van der Waals surface area contributed by atoms with Crippen LogP contribution in [0.5, 0.6) is 0 Å². The van der Waals surface area contributed by atoms with Crippen molar-refractivity contribution in [2.75, 3.05) is 11.0 Å². The summed E-state index contributed by atoms with van der Waals surface area (Å²) in [6.07, 6.45) is 1.85. The molecule has 0 spiro atoms. The minimum Gasteiger partial charge on any atom is -0.284 e. The molecule has 0 heterocycles. The number of nitrogens with one attached hydrogen (secondary N) is 1. The normalized spacial score (nSPS) is 12.2. The van der Waals surface area contributed by atoms with Crippen molar-refractivity contribution in [3.05, 3.63) is 35.7 Å². The summed E-state index contributed by atoms with van der Waals surface area (Å²) in [5.41, 5.74) is 0.265. The number of nitriles is 1. The maximum atomic E-state index is 11.6. The second-order valence-electron chi connectivity index (χ2n) is 3.38. The van der Waals surface area contributed by atoms with E-state index in [1.807, 2.05) is 0 Å². The number of hydrogen-bond acceptors (Lipinski definition) is 5. The van der Waals surface area contributed by atoms with Crippen LogP contribution in [0.4, 0.5) is 5.69 Å². The van der Waals surface area contributed by atoms with Crippen molar-refractivity contribution in [2.24, 2.45) is 0 Å². The van der Waals surface area contributed by atoms with Crippen LogP contribution in [-0.2, 0) is 19.9 Å². The average Bonchev–Trinajstić information content (AvgIpc) is 2.25. The molecule has 1 N–H and O–H groups in total. The molecular weight excluding hydrogens is 276 g/mol. The molecule has 1 rings (SSSR count). The van der Waals surface area contributed by atoms with Gasteiger partial charge in [-0.05, 0) is 24.3 Å². The second kappa shape index (κ2) is 5.20. The minimum absolute atomic E-state index is 0.0203. The van der Waals surface area contributed by atoms with E-state index >= 15 is 0 Å². The molecule has 1 aromatic carbocycles. The van der Waals surface area contributed by atoms with E-state index in [1.54, 1.807) is 6.07 Å². The molecule has 0 unspecified atom stereocenters. The largest absolute Gasteiger partial charge is 0.284 e. The van der Waals surface area contributed by atoms with Crippen LogP contribution in [0.3, 0.4) is 0 Å². The molecule has 0 fully saturated rings. The van der Waals surface area contributed by atoms with Gasteiger partial charge in [0.25, 0.3) is 0 Å². The Morgan fingerprint density at radius 3 is 2.17 bits per heavy atom. The Labute approximate surface area is 106 Å². The highest BCUT2D eigenvalue weighted by Gasteiger charge is 2.10. The fraction of sp³-hybridized carbons (Fsp3) is 0.100. The predicted octanol–water partition coefficient (Wildman–Crippen LogP) is 0.869. The molecule has 0 aliphatic rings. The van der Waals surface area contributed by atoms with Gasteiger partial charge in [-0.3, -0.25) is 4.72 Å². The van der Waals surface area contributed by atoms with Crippen LogP contribution < -0.4 is 4.72 Å². The van der Waals surface area contributed by atoms with Crippen molar-refractivity contribution in [3.63, 3.8) is 0 Å². The summed E-state index contributed by atoms with van der Waals surface area (Å²) in [6, 6.07) is 6.75. The molecule has 96 valence electrons. The molecule has 0 radical (unpaired) electrons. The smallest absolute Gasteiger partial charge is 0.229 e. The first-order valence-corrected chi connectivity index (χ1v) is 8.07. The zero-order chi connectivity index (χ0) is 13.8. The van der Waals surface area contributed by atoms with Gasteiger partial charge in [-0.2, -0.15) is 5.26 Å². The van der Waals surface area contributed by atoms with E-state index in [4.69, 9.17) is 5.26 Å². The Kier molecular flexibility index (Phi) is 4.11. The van der Waals surface area contributed by atoms with Gasteiger partial charge < -0.3 is 0 Å². The number of nitrogens with zero attached hydrogens (tertiary/aromatic N) is 1. The fourth-order valence-corrected chi connectivity index (χ4v) is 2.60. The fourth-order valence-electron chi connectivity index (χ4n) is 1.13.